The normalized spacial score (nSPS) is 14.5. The van der Waals surface area contributed by atoms with Crippen LogP contribution in [0.3, 0.4) is 0 Å². The first-order valence-corrected chi connectivity index (χ1v) is 6.92. The van der Waals surface area contributed by atoms with Gasteiger partial charge in [0.2, 0.25) is 5.91 Å². The summed E-state index contributed by atoms with van der Waals surface area (Å²) in [6.07, 6.45) is 2.71. The molecule has 0 atom stereocenters. The van der Waals surface area contributed by atoms with Gasteiger partial charge in [-0.1, -0.05) is 12.1 Å². The maximum Gasteiger partial charge on any atom is 0.221 e. The maximum atomic E-state index is 11.4. The van der Waals surface area contributed by atoms with Crippen LogP contribution in [0.4, 0.5) is 0 Å². The Bertz CT molecular complexity index is 433. The van der Waals surface area contributed by atoms with Crippen molar-refractivity contribution in [1.29, 1.82) is 0 Å². The van der Waals surface area contributed by atoms with Crippen LogP contribution < -0.4 is 10.6 Å². The molecule has 0 radical (unpaired) electrons. The van der Waals surface area contributed by atoms with Crippen LogP contribution in [0.15, 0.2) is 22.7 Å². The van der Waals surface area contributed by atoms with Crippen molar-refractivity contribution in [2.45, 2.75) is 31.8 Å². The number of para-hydroxylation sites is 1. The average Bonchev–Trinajstić information content (AvgIpc) is 3.13. The SMILES string of the molecule is O=C(CCNCc1cccc(Br)c1O)NC1CC1. The lowest BCUT2D eigenvalue weighted by atomic mass is 10.2. The van der Waals surface area contributed by atoms with E-state index < -0.39 is 0 Å². The minimum atomic E-state index is 0.100. The molecule has 1 aromatic rings. The van der Waals surface area contributed by atoms with Crippen molar-refractivity contribution in [2.24, 2.45) is 0 Å². The molecule has 98 valence electrons. The number of amides is 1. The quantitative estimate of drug-likeness (QED) is 0.703. The molecule has 3 N–H and O–H groups in total. The molecule has 1 amide bonds. The predicted molar refractivity (Wildman–Crippen MR) is 73.3 cm³/mol. The molecule has 0 aromatic heterocycles. The molecule has 0 saturated heterocycles. The van der Waals surface area contributed by atoms with Crippen LogP contribution in [0.5, 0.6) is 5.75 Å². The lowest BCUT2D eigenvalue weighted by Gasteiger charge is -2.08. The summed E-state index contributed by atoms with van der Waals surface area (Å²) in [5, 5.41) is 15.9. The number of hydrogen-bond acceptors (Lipinski definition) is 3. The van der Waals surface area contributed by atoms with Crippen molar-refractivity contribution in [3.63, 3.8) is 0 Å². The molecule has 0 unspecified atom stereocenters. The van der Waals surface area contributed by atoms with Crippen molar-refractivity contribution in [2.75, 3.05) is 6.54 Å². The fraction of sp³-hybridized carbons (Fsp3) is 0.462. The molecule has 1 aliphatic carbocycles. The van der Waals surface area contributed by atoms with Gasteiger partial charge in [-0.05, 0) is 34.8 Å². The number of hydrogen-bond donors (Lipinski definition) is 3. The van der Waals surface area contributed by atoms with Crippen LogP contribution in [0.25, 0.3) is 0 Å². The first kappa shape index (κ1) is 13.4. The average molecular weight is 313 g/mol. The molecule has 5 heteroatoms. The van der Waals surface area contributed by atoms with E-state index in [1.54, 1.807) is 6.07 Å². The summed E-state index contributed by atoms with van der Waals surface area (Å²) < 4.78 is 0.688. The first-order chi connectivity index (χ1) is 8.66. The lowest BCUT2D eigenvalue weighted by molar-refractivity contribution is -0.121. The number of phenols is 1. The zero-order valence-electron chi connectivity index (χ0n) is 10.1. The van der Waals surface area contributed by atoms with Gasteiger partial charge in [0, 0.05) is 31.1 Å². The van der Waals surface area contributed by atoms with Gasteiger partial charge >= 0.3 is 0 Å². The van der Waals surface area contributed by atoms with E-state index in [-0.39, 0.29) is 11.7 Å². The molecule has 0 bridgehead atoms. The van der Waals surface area contributed by atoms with E-state index in [2.05, 4.69) is 26.6 Å². The first-order valence-electron chi connectivity index (χ1n) is 6.13. The van der Waals surface area contributed by atoms with Crippen LogP contribution >= 0.6 is 15.9 Å². The highest BCUT2D eigenvalue weighted by Gasteiger charge is 2.22. The van der Waals surface area contributed by atoms with Crippen molar-refractivity contribution in [3.05, 3.63) is 28.2 Å². The Kier molecular flexibility index (Phi) is 4.60. The largest absolute Gasteiger partial charge is 0.506 e. The van der Waals surface area contributed by atoms with Gasteiger partial charge in [-0.3, -0.25) is 4.79 Å². The summed E-state index contributed by atoms with van der Waals surface area (Å²) in [5.41, 5.74) is 0.826. The van der Waals surface area contributed by atoms with Gasteiger partial charge in [0.15, 0.2) is 0 Å². The summed E-state index contributed by atoms with van der Waals surface area (Å²) in [5.74, 6) is 0.357. The fourth-order valence-corrected chi connectivity index (χ4v) is 2.06. The third kappa shape index (κ3) is 3.99. The number of rotatable bonds is 6. The Labute approximate surface area is 115 Å². The van der Waals surface area contributed by atoms with E-state index >= 15 is 0 Å². The number of carbonyl (C=O) groups is 1. The van der Waals surface area contributed by atoms with Gasteiger partial charge in [-0.2, -0.15) is 0 Å². The van der Waals surface area contributed by atoms with Gasteiger partial charge in [0.05, 0.1) is 4.47 Å². The smallest absolute Gasteiger partial charge is 0.221 e. The van der Waals surface area contributed by atoms with E-state index in [1.165, 1.54) is 0 Å². The summed E-state index contributed by atoms with van der Waals surface area (Å²) >= 11 is 3.27. The highest BCUT2D eigenvalue weighted by Crippen LogP contribution is 2.27. The lowest BCUT2D eigenvalue weighted by Crippen LogP contribution is -2.29. The van der Waals surface area contributed by atoms with Gasteiger partial charge in [-0.15, -0.1) is 0 Å². The van der Waals surface area contributed by atoms with Crippen LogP contribution in [0.2, 0.25) is 0 Å². The van der Waals surface area contributed by atoms with Crippen LogP contribution in [-0.2, 0) is 11.3 Å². The third-order valence-electron chi connectivity index (χ3n) is 2.86. The molecular weight excluding hydrogens is 296 g/mol. The number of aromatic hydroxyl groups is 1. The van der Waals surface area contributed by atoms with Crippen molar-refractivity contribution < 1.29 is 9.90 Å². The Morgan fingerprint density at radius 3 is 2.94 bits per heavy atom. The Morgan fingerprint density at radius 2 is 2.22 bits per heavy atom. The molecule has 0 heterocycles. The molecule has 0 spiro atoms. The highest BCUT2D eigenvalue weighted by atomic mass is 79.9. The molecule has 2 rings (SSSR count). The van der Waals surface area contributed by atoms with E-state index in [0.717, 1.165) is 18.4 Å². The molecule has 4 nitrogen and oxygen atoms in total. The van der Waals surface area contributed by atoms with Gasteiger partial charge < -0.3 is 15.7 Å². The van der Waals surface area contributed by atoms with E-state index in [1.807, 2.05) is 12.1 Å². The highest BCUT2D eigenvalue weighted by molar-refractivity contribution is 9.10. The van der Waals surface area contributed by atoms with E-state index in [9.17, 15) is 9.90 Å². The van der Waals surface area contributed by atoms with Crippen LogP contribution in [0.1, 0.15) is 24.8 Å². The number of nitrogens with one attached hydrogen (secondary N) is 2. The zero-order valence-corrected chi connectivity index (χ0v) is 11.7. The number of benzene rings is 1. The Morgan fingerprint density at radius 1 is 1.44 bits per heavy atom. The van der Waals surface area contributed by atoms with E-state index in [4.69, 9.17) is 0 Å². The van der Waals surface area contributed by atoms with Crippen molar-refractivity contribution in [1.82, 2.24) is 10.6 Å². The molecule has 1 fully saturated rings. The Balaban J connectivity index is 1.68. The van der Waals surface area contributed by atoms with E-state index in [0.29, 0.717) is 30.0 Å². The fourth-order valence-electron chi connectivity index (χ4n) is 1.66. The summed E-state index contributed by atoms with van der Waals surface area (Å²) in [6, 6.07) is 5.95. The second kappa shape index (κ2) is 6.20. The van der Waals surface area contributed by atoms with Crippen LogP contribution in [-0.4, -0.2) is 23.6 Å². The van der Waals surface area contributed by atoms with Crippen molar-refractivity contribution in [3.8, 4) is 5.75 Å². The second-order valence-electron chi connectivity index (χ2n) is 4.52. The van der Waals surface area contributed by atoms with Gasteiger partial charge in [-0.25, -0.2) is 0 Å². The monoisotopic (exact) mass is 312 g/mol. The molecule has 1 saturated carbocycles. The third-order valence-corrected chi connectivity index (χ3v) is 3.50. The molecule has 1 aromatic carbocycles. The van der Waals surface area contributed by atoms with Gasteiger partial charge in [0.1, 0.15) is 5.75 Å². The number of carbonyl (C=O) groups excluding carboxylic acids is 1. The molecule has 18 heavy (non-hydrogen) atoms. The molecule has 1 aliphatic rings. The summed E-state index contributed by atoms with van der Waals surface area (Å²) in [4.78, 5) is 11.4. The minimum absolute atomic E-state index is 0.100. The Hall–Kier alpha value is -1.07. The minimum Gasteiger partial charge on any atom is -0.506 e. The number of halogens is 1. The zero-order chi connectivity index (χ0) is 13.0. The summed E-state index contributed by atoms with van der Waals surface area (Å²) in [7, 11) is 0. The summed E-state index contributed by atoms with van der Waals surface area (Å²) in [6.45, 7) is 1.17. The number of phenolic OH excluding ortho intramolecular Hbond substituents is 1. The predicted octanol–water partition coefficient (Wildman–Crippen LogP) is 1.91. The topological polar surface area (TPSA) is 61.4 Å². The van der Waals surface area contributed by atoms with Crippen molar-refractivity contribution >= 4 is 21.8 Å². The molecular formula is C13H17BrN2O2. The standard InChI is InChI=1S/C13H17BrN2O2/c14-11-3-1-2-9(13(11)18)8-15-7-6-12(17)16-10-4-5-10/h1-3,10,15,18H,4-8H2,(H,16,17). The van der Waals surface area contributed by atoms with Gasteiger partial charge in [0.25, 0.3) is 0 Å². The molecule has 0 aliphatic heterocycles. The second-order valence-corrected chi connectivity index (χ2v) is 5.37. The maximum absolute atomic E-state index is 11.4. The van der Waals surface area contributed by atoms with Crippen LogP contribution in [0, 0.1) is 0 Å².